The topological polar surface area (TPSA) is 79.3 Å². The van der Waals surface area contributed by atoms with Crippen LogP contribution in [-0.2, 0) is 4.79 Å². The highest BCUT2D eigenvalue weighted by Crippen LogP contribution is 2.32. The van der Waals surface area contributed by atoms with Crippen LogP contribution in [0, 0.1) is 0 Å². The van der Waals surface area contributed by atoms with Gasteiger partial charge in [-0.2, -0.15) is 0 Å². The van der Waals surface area contributed by atoms with Crippen molar-refractivity contribution in [3.8, 4) is 0 Å². The van der Waals surface area contributed by atoms with Crippen molar-refractivity contribution in [3.63, 3.8) is 0 Å². The molecule has 1 aromatic rings. The van der Waals surface area contributed by atoms with Crippen LogP contribution in [0.5, 0.6) is 0 Å². The fourth-order valence-corrected chi connectivity index (χ4v) is 2.11. The Morgan fingerprint density at radius 2 is 2.12 bits per heavy atom. The summed E-state index contributed by atoms with van der Waals surface area (Å²) in [6.45, 7) is 0. The van der Waals surface area contributed by atoms with E-state index in [1.165, 1.54) is 6.20 Å². The lowest BCUT2D eigenvalue weighted by atomic mass is 9.76. The predicted molar refractivity (Wildman–Crippen MR) is 63.6 cm³/mol. The highest BCUT2D eigenvalue weighted by molar-refractivity contribution is 9.10. The normalized spacial score (nSPS) is 17.0. The first-order valence-corrected chi connectivity index (χ1v) is 5.99. The number of halogens is 1. The van der Waals surface area contributed by atoms with Crippen LogP contribution in [0.1, 0.15) is 29.6 Å². The van der Waals surface area contributed by atoms with E-state index in [4.69, 9.17) is 5.11 Å². The van der Waals surface area contributed by atoms with Crippen molar-refractivity contribution in [2.75, 3.05) is 0 Å². The zero-order valence-corrected chi connectivity index (χ0v) is 10.5. The quantitative estimate of drug-likeness (QED) is 0.888. The summed E-state index contributed by atoms with van der Waals surface area (Å²) in [6.07, 6.45) is 4.76. The summed E-state index contributed by atoms with van der Waals surface area (Å²) in [5.41, 5.74) is -0.730. The number of amides is 1. The summed E-state index contributed by atoms with van der Waals surface area (Å²) in [6, 6.07) is 1.61. The van der Waals surface area contributed by atoms with Gasteiger partial charge in [0.05, 0.1) is 5.56 Å². The van der Waals surface area contributed by atoms with E-state index in [1.807, 2.05) is 0 Å². The number of pyridine rings is 1. The number of hydrogen-bond donors (Lipinski definition) is 2. The SMILES string of the molecule is O=C(NC1(C(=O)O)CCC1)c1cncc(Br)c1. The Bertz CT molecular complexity index is 472. The third-order valence-electron chi connectivity index (χ3n) is 2.94. The molecule has 1 amide bonds. The maximum absolute atomic E-state index is 11.9. The number of aliphatic carboxylic acids is 1. The summed E-state index contributed by atoms with van der Waals surface area (Å²) < 4.78 is 0.683. The Morgan fingerprint density at radius 3 is 2.59 bits per heavy atom. The van der Waals surface area contributed by atoms with Gasteiger partial charge in [-0.25, -0.2) is 4.79 Å². The van der Waals surface area contributed by atoms with Crippen LogP contribution in [0.2, 0.25) is 0 Å². The molecule has 0 bridgehead atoms. The molecule has 2 rings (SSSR count). The molecule has 0 aromatic carbocycles. The minimum atomic E-state index is -1.08. The second-order valence-corrected chi connectivity index (χ2v) is 5.00. The molecular weight excluding hydrogens is 288 g/mol. The van der Waals surface area contributed by atoms with Crippen molar-refractivity contribution in [3.05, 3.63) is 28.5 Å². The number of hydrogen-bond acceptors (Lipinski definition) is 3. The first-order valence-electron chi connectivity index (χ1n) is 5.20. The maximum Gasteiger partial charge on any atom is 0.329 e. The van der Waals surface area contributed by atoms with Gasteiger partial charge in [0.1, 0.15) is 5.54 Å². The van der Waals surface area contributed by atoms with Gasteiger partial charge in [-0.05, 0) is 41.3 Å². The lowest BCUT2D eigenvalue weighted by Crippen LogP contribution is -2.59. The summed E-state index contributed by atoms with van der Waals surface area (Å²) in [5, 5.41) is 11.7. The summed E-state index contributed by atoms with van der Waals surface area (Å²) >= 11 is 3.21. The standard InChI is InChI=1S/C11H11BrN2O3/c12-8-4-7(5-13-6-8)9(15)14-11(10(16)17)2-1-3-11/h4-6H,1-3H2,(H,14,15)(H,16,17). The van der Waals surface area contributed by atoms with Crippen molar-refractivity contribution >= 4 is 27.8 Å². The molecule has 6 heteroatoms. The molecule has 0 aliphatic heterocycles. The van der Waals surface area contributed by atoms with Crippen molar-refractivity contribution < 1.29 is 14.7 Å². The average Bonchev–Trinajstić information content (AvgIpc) is 2.22. The molecule has 2 N–H and O–H groups in total. The zero-order chi connectivity index (χ0) is 12.5. The van der Waals surface area contributed by atoms with E-state index in [1.54, 1.807) is 12.3 Å². The van der Waals surface area contributed by atoms with Gasteiger partial charge >= 0.3 is 5.97 Å². The molecule has 1 fully saturated rings. The number of nitrogens with one attached hydrogen (secondary N) is 1. The number of carbonyl (C=O) groups excluding carboxylic acids is 1. The van der Waals surface area contributed by atoms with Gasteiger partial charge in [-0.1, -0.05) is 0 Å². The van der Waals surface area contributed by atoms with Crippen LogP contribution in [-0.4, -0.2) is 27.5 Å². The summed E-state index contributed by atoms with van der Waals surface area (Å²) in [4.78, 5) is 26.8. The number of carboxylic acids is 1. The second-order valence-electron chi connectivity index (χ2n) is 4.09. The van der Waals surface area contributed by atoms with Crippen molar-refractivity contribution in [1.82, 2.24) is 10.3 Å². The third kappa shape index (κ3) is 2.31. The molecule has 0 atom stereocenters. The Kier molecular flexibility index (Phi) is 3.15. The van der Waals surface area contributed by atoms with Crippen LogP contribution < -0.4 is 5.32 Å². The molecule has 0 spiro atoms. The Balaban J connectivity index is 2.14. The maximum atomic E-state index is 11.9. The highest BCUT2D eigenvalue weighted by Gasteiger charge is 2.45. The van der Waals surface area contributed by atoms with Gasteiger partial charge in [0, 0.05) is 16.9 Å². The van der Waals surface area contributed by atoms with Gasteiger partial charge in [0.15, 0.2) is 0 Å². The van der Waals surface area contributed by atoms with Crippen LogP contribution in [0.25, 0.3) is 0 Å². The molecule has 0 radical (unpaired) electrons. The lowest BCUT2D eigenvalue weighted by Gasteiger charge is -2.38. The van der Waals surface area contributed by atoms with Crippen LogP contribution in [0.15, 0.2) is 22.9 Å². The minimum absolute atomic E-state index is 0.354. The molecule has 1 aliphatic carbocycles. The molecular formula is C11H11BrN2O3. The van der Waals surface area contributed by atoms with E-state index in [0.717, 1.165) is 6.42 Å². The predicted octanol–water partition coefficient (Wildman–Crippen LogP) is 1.58. The highest BCUT2D eigenvalue weighted by atomic mass is 79.9. The molecule has 5 nitrogen and oxygen atoms in total. The number of rotatable bonds is 3. The van der Waals surface area contributed by atoms with Gasteiger partial charge in [0.2, 0.25) is 0 Å². The zero-order valence-electron chi connectivity index (χ0n) is 8.94. The fourth-order valence-electron chi connectivity index (χ4n) is 1.75. The summed E-state index contributed by atoms with van der Waals surface area (Å²) in [7, 11) is 0. The van der Waals surface area contributed by atoms with E-state index in [-0.39, 0.29) is 0 Å². The first-order chi connectivity index (χ1) is 8.03. The van der Waals surface area contributed by atoms with Crippen molar-refractivity contribution in [2.24, 2.45) is 0 Å². The van der Waals surface area contributed by atoms with Crippen LogP contribution in [0.3, 0.4) is 0 Å². The van der Waals surface area contributed by atoms with Crippen LogP contribution in [0.4, 0.5) is 0 Å². The van der Waals surface area contributed by atoms with Crippen molar-refractivity contribution in [2.45, 2.75) is 24.8 Å². The molecule has 1 saturated carbocycles. The largest absolute Gasteiger partial charge is 0.480 e. The van der Waals surface area contributed by atoms with E-state index in [9.17, 15) is 9.59 Å². The summed E-state index contributed by atoms with van der Waals surface area (Å²) in [5.74, 6) is -1.37. The second kappa shape index (κ2) is 4.44. The number of carbonyl (C=O) groups is 2. The molecule has 17 heavy (non-hydrogen) atoms. The van der Waals surface area contributed by atoms with Gasteiger partial charge in [0.25, 0.3) is 5.91 Å². The molecule has 1 aliphatic rings. The average molecular weight is 299 g/mol. The fraction of sp³-hybridized carbons (Fsp3) is 0.364. The smallest absolute Gasteiger partial charge is 0.329 e. The molecule has 0 unspecified atom stereocenters. The first kappa shape index (κ1) is 12.0. The molecule has 90 valence electrons. The Hall–Kier alpha value is -1.43. The lowest BCUT2D eigenvalue weighted by molar-refractivity contribution is -0.148. The molecule has 1 heterocycles. The van der Waals surface area contributed by atoms with E-state index < -0.39 is 17.4 Å². The van der Waals surface area contributed by atoms with E-state index in [0.29, 0.717) is 22.9 Å². The molecule has 0 saturated heterocycles. The van der Waals surface area contributed by atoms with Crippen molar-refractivity contribution in [1.29, 1.82) is 0 Å². The number of aromatic nitrogens is 1. The number of nitrogens with zero attached hydrogens (tertiary/aromatic N) is 1. The van der Waals surface area contributed by atoms with Gasteiger partial charge in [-0.3, -0.25) is 9.78 Å². The monoisotopic (exact) mass is 298 g/mol. The Labute approximate surface area is 106 Å². The van der Waals surface area contributed by atoms with Gasteiger partial charge < -0.3 is 10.4 Å². The van der Waals surface area contributed by atoms with Crippen LogP contribution >= 0.6 is 15.9 Å². The molecule has 1 aromatic heterocycles. The number of carboxylic acid groups (broad SMARTS) is 1. The van der Waals surface area contributed by atoms with E-state index >= 15 is 0 Å². The third-order valence-corrected chi connectivity index (χ3v) is 3.37. The Morgan fingerprint density at radius 1 is 1.41 bits per heavy atom. The minimum Gasteiger partial charge on any atom is -0.480 e. The van der Waals surface area contributed by atoms with Gasteiger partial charge in [-0.15, -0.1) is 0 Å². The van der Waals surface area contributed by atoms with E-state index in [2.05, 4.69) is 26.2 Å².